The van der Waals surface area contributed by atoms with Crippen LogP contribution in [0.25, 0.3) is 0 Å². The molecule has 1 atom stereocenters. The number of halogens is 2. The van der Waals surface area contributed by atoms with Crippen molar-refractivity contribution < 1.29 is 4.79 Å². The van der Waals surface area contributed by atoms with E-state index >= 15 is 0 Å². The number of thioether (sulfide) groups is 1. The zero-order chi connectivity index (χ0) is 10.7. The molecule has 0 N–H and O–H groups in total. The van der Waals surface area contributed by atoms with E-state index in [2.05, 4.69) is 31.9 Å². The van der Waals surface area contributed by atoms with Gasteiger partial charge in [-0.2, -0.15) is 0 Å². The first kappa shape index (κ1) is 12.3. The summed E-state index contributed by atoms with van der Waals surface area (Å²) in [6.45, 7) is 1.83. The van der Waals surface area contributed by atoms with Crippen molar-refractivity contribution >= 4 is 49.4 Å². The van der Waals surface area contributed by atoms with E-state index < -0.39 is 0 Å². The maximum Gasteiger partial charge on any atom is 0.177 e. The van der Waals surface area contributed by atoms with Crippen LogP contribution in [-0.4, -0.2) is 16.9 Å². The topological polar surface area (TPSA) is 17.1 Å². The molecular formula is C10H10Br2OS. The van der Waals surface area contributed by atoms with Crippen molar-refractivity contribution in [1.29, 1.82) is 0 Å². The number of alkyl halides is 1. The molecule has 0 bridgehead atoms. The quantitative estimate of drug-likeness (QED) is 0.468. The highest BCUT2D eigenvalue weighted by atomic mass is 79.9. The molecule has 0 saturated carbocycles. The van der Waals surface area contributed by atoms with E-state index in [9.17, 15) is 4.79 Å². The summed E-state index contributed by atoms with van der Waals surface area (Å²) in [6, 6.07) is 5.73. The molecule has 0 aliphatic rings. The Morgan fingerprint density at radius 1 is 1.50 bits per heavy atom. The first-order valence-electron chi connectivity index (χ1n) is 4.08. The molecule has 14 heavy (non-hydrogen) atoms. The lowest BCUT2D eigenvalue weighted by Gasteiger charge is -2.08. The third-order valence-electron chi connectivity index (χ3n) is 1.81. The van der Waals surface area contributed by atoms with Crippen molar-refractivity contribution in [2.75, 3.05) is 6.26 Å². The smallest absolute Gasteiger partial charge is 0.177 e. The lowest BCUT2D eigenvalue weighted by atomic mass is 10.1. The number of hydrogen-bond acceptors (Lipinski definition) is 2. The molecule has 0 heterocycles. The lowest BCUT2D eigenvalue weighted by molar-refractivity contribution is 0.0995. The van der Waals surface area contributed by atoms with Crippen molar-refractivity contribution in [2.24, 2.45) is 0 Å². The van der Waals surface area contributed by atoms with E-state index in [-0.39, 0.29) is 10.6 Å². The van der Waals surface area contributed by atoms with Gasteiger partial charge in [0.25, 0.3) is 0 Å². The zero-order valence-corrected chi connectivity index (χ0v) is 11.9. The van der Waals surface area contributed by atoms with Gasteiger partial charge in [-0.3, -0.25) is 4.79 Å². The fourth-order valence-electron chi connectivity index (χ4n) is 1.07. The Bertz CT molecular complexity index is 350. The predicted octanol–water partition coefficient (Wildman–Crippen LogP) is 4.14. The van der Waals surface area contributed by atoms with Crippen LogP contribution in [0.5, 0.6) is 0 Å². The Balaban J connectivity index is 3.16. The summed E-state index contributed by atoms with van der Waals surface area (Å²) in [6.07, 6.45) is 1.99. The standard InChI is InChI=1S/C10H10Br2OS/c1-6(11)10(13)7-4-3-5-8(14-2)9(7)12/h3-6H,1-2H3. The largest absolute Gasteiger partial charge is 0.293 e. The number of benzene rings is 1. The maximum absolute atomic E-state index is 11.7. The molecule has 0 saturated heterocycles. The van der Waals surface area contributed by atoms with Gasteiger partial charge in [0.15, 0.2) is 5.78 Å². The summed E-state index contributed by atoms with van der Waals surface area (Å²) in [7, 11) is 0. The molecule has 1 nitrogen and oxygen atoms in total. The second-order valence-corrected chi connectivity index (χ2v) is 5.82. The van der Waals surface area contributed by atoms with Gasteiger partial charge in [0.05, 0.1) is 4.83 Å². The van der Waals surface area contributed by atoms with Gasteiger partial charge in [0.2, 0.25) is 0 Å². The highest BCUT2D eigenvalue weighted by Crippen LogP contribution is 2.30. The number of carbonyl (C=O) groups excluding carboxylic acids is 1. The summed E-state index contributed by atoms with van der Waals surface area (Å²) >= 11 is 8.35. The number of ketones is 1. The molecule has 1 aromatic carbocycles. The summed E-state index contributed by atoms with van der Waals surface area (Å²) in [5, 5.41) is 0. The van der Waals surface area contributed by atoms with Crippen LogP contribution in [0.15, 0.2) is 27.6 Å². The SMILES string of the molecule is CSc1cccc(C(=O)C(C)Br)c1Br. The van der Waals surface area contributed by atoms with Crippen LogP contribution >= 0.6 is 43.6 Å². The Kier molecular flexibility index (Phi) is 4.67. The van der Waals surface area contributed by atoms with E-state index in [0.717, 1.165) is 14.9 Å². The first-order chi connectivity index (χ1) is 6.57. The van der Waals surface area contributed by atoms with Crippen molar-refractivity contribution in [3.63, 3.8) is 0 Å². The summed E-state index contributed by atoms with van der Waals surface area (Å²) in [5.74, 6) is 0.104. The van der Waals surface area contributed by atoms with Gasteiger partial charge in [0.1, 0.15) is 0 Å². The molecule has 0 aliphatic carbocycles. The lowest BCUT2D eigenvalue weighted by Crippen LogP contribution is -2.10. The van der Waals surface area contributed by atoms with Gasteiger partial charge >= 0.3 is 0 Å². The van der Waals surface area contributed by atoms with Crippen LogP contribution in [0.4, 0.5) is 0 Å². The van der Waals surface area contributed by atoms with Crippen LogP contribution < -0.4 is 0 Å². The fourth-order valence-corrected chi connectivity index (χ4v) is 2.77. The molecule has 76 valence electrons. The summed E-state index contributed by atoms with van der Waals surface area (Å²) in [5.41, 5.74) is 0.737. The Morgan fingerprint density at radius 3 is 2.64 bits per heavy atom. The van der Waals surface area contributed by atoms with Crippen molar-refractivity contribution in [3.05, 3.63) is 28.2 Å². The van der Waals surface area contributed by atoms with E-state index in [1.54, 1.807) is 11.8 Å². The summed E-state index contributed by atoms with van der Waals surface area (Å²) < 4.78 is 0.892. The minimum atomic E-state index is -0.143. The van der Waals surface area contributed by atoms with Crippen LogP contribution in [-0.2, 0) is 0 Å². The van der Waals surface area contributed by atoms with Gasteiger partial charge in [0, 0.05) is 14.9 Å². The minimum Gasteiger partial charge on any atom is -0.293 e. The minimum absolute atomic E-state index is 0.104. The van der Waals surface area contributed by atoms with Gasteiger partial charge in [-0.1, -0.05) is 28.1 Å². The molecule has 0 radical (unpaired) electrons. The van der Waals surface area contributed by atoms with Crippen molar-refractivity contribution in [1.82, 2.24) is 0 Å². The van der Waals surface area contributed by atoms with Gasteiger partial charge in [-0.15, -0.1) is 11.8 Å². The zero-order valence-electron chi connectivity index (χ0n) is 7.88. The van der Waals surface area contributed by atoms with Crippen LogP contribution in [0.2, 0.25) is 0 Å². The molecule has 0 aliphatic heterocycles. The monoisotopic (exact) mass is 336 g/mol. The number of carbonyl (C=O) groups is 1. The second kappa shape index (κ2) is 5.33. The van der Waals surface area contributed by atoms with Crippen LogP contribution in [0.3, 0.4) is 0 Å². The summed E-state index contributed by atoms with van der Waals surface area (Å²) in [4.78, 5) is 12.7. The van der Waals surface area contributed by atoms with Crippen molar-refractivity contribution in [3.8, 4) is 0 Å². The van der Waals surface area contributed by atoms with E-state index in [4.69, 9.17) is 0 Å². The van der Waals surface area contributed by atoms with Crippen molar-refractivity contribution in [2.45, 2.75) is 16.6 Å². The van der Waals surface area contributed by atoms with Gasteiger partial charge < -0.3 is 0 Å². The molecule has 4 heteroatoms. The average molecular weight is 338 g/mol. The first-order valence-corrected chi connectivity index (χ1v) is 7.02. The molecule has 0 aromatic heterocycles. The molecular weight excluding hydrogens is 328 g/mol. The van der Waals surface area contributed by atoms with Gasteiger partial charge in [-0.25, -0.2) is 0 Å². The highest BCUT2D eigenvalue weighted by molar-refractivity contribution is 9.10. The second-order valence-electron chi connectivity index (χ2n) is 2.80. The molecule has 0 spiro atoms. The Hall–Kier alpha value is 0.200. The van der Waals surface area contributed by atoms with Crippen LogP contribution in [0, 0.1) is 0 Å². The van der Waals surface area contributed by atoms with Gasteiger partial charge in [-0.05, 0) is 35.2 Å². The molecule has 1 unspecified atom stereocenters. The highest BCUT2D eigenvalue weighted by Gasteiger charge is 2.16. The van der Waals surface area contributed by atoms with Crippen LogP contribution in [0.1, 0.15) is 17.3 Å². The number of hydrogen-bond donors (Lipinski definition) is 0. The third-order valence-corrected chi connectivity index (χ3v) is 4.12. The molecule has 0 fully saturated rings. The maximum atomic E-state index is 11.7. The fraction of sp³-hybridized carbons (Fsp3) is 0.300. The molecule has 0 amide bonds. The van der Waals surface area contributed by atoms with E-state index in [0.29, 0.717) is 0 Å². The predicted molar refractivity (Wildman–Crippen MR) is 68.6 cm³/mol. The third kappa shape index (κ3) is 2.61. The number of Topliss-reactive ketones (excluding diaryl/α,β-unsaturated/α-hetero) is 1. The Morgan fingerprint density at radius 2 is 2.14 bits per heavy atom. The van der Waals surface area contributed by atoms with E-state index in [1.807, 2.05) is 31.4 Å². The number of rotatable bonds is 3. The molecule has 1 rings (SSSR count). The van der Waals surface area contributed by atoms with E-state index in [1.165, 1.54) is 0 Å². The normalized spacial score (nSPS) is 12.6. The molecule has 1 aromatic rings. The average Bonchev–Trinajstić information content (AvgIpc) is 2.17. The Labute approximate surface area is 105 Å².